The van der Waals surface area contributed by atoms with E-state index < -0.39 is 94.2 Å². The van der Waals surface area contributed by atoms with Gasteiger partial charge >= 0.3 is 23.9 Å². The van der Waals surface area contributed by atoms with E-state index in [-0.39, 0.29) is 38.0 Å². The predicted octanol–water partition coefficient (Wildman–Crippen LogP) is 1.16. The number of hydrogen-bond donors (Lipinski definition) is 3. The molecule has 10 atom stereocenters. The van der Waals surface area contributed by atoms with Gasteiger partial charge in [0.2, 0.25) is 12.0 Å². The number of rotatable bonds is 9. The van der Waals surface area contributed by atoms with Crippen LogP contribution in [0.25, 0.3) is 0 Å². The molecule has 4 rings (SSSR count). The maximum absolute atomic E-state index is 13.7. The minimum absolute atomic E-state index is 0.0584. The standard InChI is InChI=1S/C33H46N2O12/c1-15(2)9-23(38)46-25-26-32(14-44-33(26,11-16(3)36)30(42)43-8)13-31(7)12-21(37)24(17(4)20(31)10-22(32)45-29(25)41)47-28(40)19(6)35-27(39)18(5)34/h9,16,18-20,22,25-26,36H,10-14,34H2,1-8H3,(H,35,39)/t16-,18+,19+,20?,22-,25-,26-,31-,32-,33?/m1/s1. The molecule has 4 aliphatic rings. The number of fused-ring (bicyclic) bond motifs is 1. The number of hydrogen-bond acceptors (Lipinski definition) is 13. The molecule has 0 aromatic heterocycles. The van der Waals surface area contributed by atoms with Crippen molar-refractivity contribution in [3.05, 3.63) is 23.0 Å². The van der Waals surface area contributed by atoms with Gasteiger partial charge in [-0.15, -0.1) is 0 Å². The Morgan fingerprint density at radius 2 is 1.83 bits per heavy atom. The molecule has 0 radical (unpaired) electrons. The fourth-order valence-electron chi connectivity index (χ4n) is 8.16. The molecule has 2 aliphatic carbocycles. The SMILES string of the molecule is COC(=O)C1(C[C@@H](C)O)OC[C@]23C[C@@]4(C)CC(=O)C(OC(=O)[C@H](C)NC(=O)[C@H](C)N)=C(C)C4C[C@H]2OC(=O)[C@H](OC(=O)C=C(C)C)[C@@H]13. The van der Waals surface area contributed by atoms with Crippen molar-refractivity contribution in [3.63, 3.8) is 0 Å². The molecule has 1 spiro atoms. The van der Waals surface area contributed by atoms with E-state index >= 15 is 0 Å². The number of amides is 1. The number of ketones is 1. The van der Waals surface area contributed by atoms with Crippen LogP contribution in [0.4, 0.5) is 0 Å². The Labute approximate surface area is 273 Å². The number of aliphatic hydroxyl groups excluding tert-OH is 1. The van der Waals surface area contributed by atoms with Gasteiger partial charge in [-0.05, 0) is 71.3 Å². The van der Waals surface area contributed by atoms with Crippen LogP contribution in [-0.2, 0) is 52.5 Å². The van der Waals surface area contributed by atoms with Gasteiger partial charge in [0.1, 0.15) is 12.1 Å². The van der Waals surface area contributed by atoms with Crippen LogP contribution in [0.1, 0.15) is 74.1 Å². The smallest absolute Gasteiger partial charge is 0.348 e. The van der Waals surface area contributed by atoms with E-state index in [4.69, 9.17) is 29.4 Å². The lowest BCUT2D eigenvalue weighted by Crippen LogP contribution is -2.67. The highest BCUT2D eigenvalue weighted by molar-refractivity contribution is 5.99. The molecule has 2 aliphatic heterocycles. The average molecular weight is 663 g/mol. The van der Waals surface area contributed by atoms with Gasteiger partial charge in [0, 0.05) is 24.3 Å². The molecule has 47 heavy (non-hydrogen) atoms. The third-order valence-electron chi connectivity index (χ3n) is 9.99. The molecule has 4 N–H and O–H groups in total. The van der Waals surface area contributed by atoms with E-state index in [9.17, 15) is 33.9 Å². The van der Waals surface area contributed by atoms with Crippen molar-refractivity contribution in [1.29, 1.82) is 0 Å². The van der Waals surface area contributed by atoms with Crippen molar-refractivity contribution < 1.29 is 57.6 Å². The summed E-state index contributed by atoms with van der Waals surface area (Å²) in [5.41, 5.74) is 2.89. The summed E-state index contributed by atoms with van der Waals surface area (Å²) in [6.07, 6.45) is -2.21. The normalized spacial score (nSPS) is 34.8. The fraction of sp³-hybridized carbons (Fsp3) is 0.697. The first-order chi connectivity index (χ1) is 21.8. The summed E-state index contributed by atoms with van der Waals surface area (Å²) in [5.74, 6) is -6.02. The second-order valence-corrected chi connectivity index (χ2v) is 14.1. The fourth-order valence-corrected chi connectivity index (χ4v) is 8.16. The molecule has 14 heteroatoms. The maximum atomic E-state index is 13.7. The summed E-state index contributed by atoms with van der Waals surface area (Å²) in [5, 5.41) is 13.0. The number of allylic oxidation sites excluding steroid dienone is 3. The summed E-state index contributed by atoms with van der Waals surface area (Å²) < 4.78 is 28.7. The van der Waals surface area contributed by atoms with Crippen LogP contribution in [0.15, 0.2) is 23.0 Å². The number of carbonyl (C=O) groups is 6. The van der Waals surface area contributed by atoms with Crippen molar-refractivity contribution in [2.45, 2.75) is 110 Å². The second-order valence-electron chi connectivity index (χ2n) is 14.1. The molecule has 0 aromatic rings. The number of nitrogens with one attached hydrogen (secondary N) is 1. The van der Waals surface area contributed by atoms with Crippen molar-refractivity contribution in [3.8, 4) is 0 Å². The Bertz CT molecular complexity index is 1410. The first kappa shape index (κ1) is 36.2. The first-order valence-electron chi connectivity index (χ1n) is 15.8. The lowest BCUT2D eigenvalue weighted by atomic mass is 9.47. The lowest BCUT2D eigenvalue weighted by molar-refractivity contribution is -0.225. The Hall–Kier alpha value is -3.62. The van der Waals surface area contributed by atoms with Crippen LogP contribution in [-0.4, -0.2) is 90.4 Å². The molecule has 1 saturated carbocycles. The van der Waals surface area contributed by atoms with Crippen molar-refractivity contribution >= 4 is 35.6 Å². The molecular weight excluding hydrogens is 616 g/mol. The number of nitrogens with two attached hydrogens (primary N) is 1. The monoisotopic (exact) mass is 662 g/mol. The molecule has 2 saturated heterocycles. The number of carbonyl (C=O) groups excluding carboxylic acids is 6. The Morgan fingerprint density at radius 3 is 2.40 bits per heavy atom. The molecule has 0 aromatic carbocycles. The van der Waals surface area contributed by atoms with Crippen LogP contribution in [0.2, 0.25) is 0 Å². The van der Waals surface area contributed by atoms with Crippen LogP contribution < -0.4 is 11.1 Å². The third kappa shape index (κ3) is 6.47. The molecule has 2 heterocycles. The van der Waals surface area contributed by atoms with Crippen molar-refractivity contribution in [1.82, 2.24) is 5.32 Å². The minimum Gasteiger partial charge on any atom is -0.467 e. The van der Waals surface area contributed by atoms with Crippen LogP contribution in [0.5, 0.6) is 0 Å². The third-order valence-corrected chi connectivity index (χ3v) is 9.99. The first-order valence-corrected chi connectivity index (χ1v) is 15.8. The number of ether oxygens (including phenoxy) is 5. The summed E-state index contributed by atoms with van der Waals surface area (Å²) in [6, 6.07) is -1.93. The Kier molecular flexibility index (Phi) is 10.1. The van der Waals surface area contributed by atoms with Crippen molar-refractivity contribution in [2.75, 3.05) is 13.7 Å². The van der Waals surface area contributed by atoms with E-state index in [1.165, 1.54) is 34.0 Å². The van der Waals surface area contributed by atoms with Crippen LogP contribution >= 0.6 is 0 Å². The molecule has 3 fully saturated rings. The molecule has 1 amide bonds. The average Bonchev–Trinajstić information content (AvgIpc) is 3.27. The van der Waals surface area contributed by atoms with Crippen LogP contribution in [0.3, 0.4) is 0 Å². The van der Waals surface area contributed by atoms with Gasteiger partial charge in [-0.2, -0.15) is 0 Å². The number of Topliss-reactive ketones (excluding diaryl/α,β-unsaturated/α-hetero) is 1. The second kappa shape index (κ2) is 13.1. The quantitative estimate of drug-likeness (QED) is 0.180. The summed E-state index contributed by atoms with van der Waals surface area (Å²) in [4.78, 5) is 78.8. The highest BCUT2D eigenvalue weighted by atomic mass is 16.6. The largest absolute Gasteiger partial charge is 0.467 e. The van der Waals surface area contributed by atoms with Gasteiger partial charge in [-0.25, -0.2) is 19.2 Å². The van der Waals surface area contributed by atoms with Crippen molar-refractivity contribution in [2.24, 2.45) is 28.4 Å². The molecule has 2 unspecified atom stereocenters. The molecule has 14 nitrogen and oxygen atoms in total. The van der Waals surface area contributed by atoms with Gasteiger partial charge in [-0.1, -0.05) is 12.5 Å². The van der Waals surface area contributed by atoms with Gasteiger partial charge < -0.3 is 39.8 Å². The molecule has 260 valence electrons. The zero-order chi connectivity index (χ0) is 35.2. The van der Waals surface area contributed by atoms with E-state index in [2.05, 4.69) is 5.32 Å². The molecule has 0 bridgehead atoms. The van der Waals surface area contributed by atoms with Gasteiger partial charge in [0.25, 0.3) is 0 Å². The minimum atomic E-state index is -1.87. The highest BCUT2D eigenvalue weighted by Crippen LogP contribution is 2.66. The van der Waals surface area contributed by atoms with Crippen LogP contribution in [0, 0.1) is 22.7 Å². The number of esters is 4. The van der Waals surface area contributed by atoms with E-state index in [0.29, 0.717) is 11.1 Å². The summed E-state index contributed by atoms with van der Waals surface area (Å²) in [7, 11) is 1.17. The van der Waals surface area contributed by atoms with Gasteiger partial charge in [0.05, 0.1) is 31.8 Å². The Balaban J connectivity index is 1.76. The lowest BCUT2D eigenvalue weighted by Gasteiger charge is -2.59. The van der Waals surface area contributed by atoms with Gasteiger partial charge in [0.15, 0.2) is 17.1 Å². The number of methoxy groups -OCH3 is 1. The van der Waals surface area contributed by atoms with E-state index in [1.807, 2.05) is 6.92 Å². The number of aliphatic hydroxyl groups is 1. The van der Waals surface area contributed by atoms with E-state index in [1.54, 1.807) is 20.8 Å². The Morgan fingerprint density at radius 1 is 1.17 bits per heavy atom. The molecular formula is C33H46N2O12. The topological polar surface area (TPSA) is 207 Å². The highest BCUT2D eigenvalue weighted by Gasteiger charge is 2.75. The zero-order valence-electron chi connectivity index (χ0n) is 28.2. The summed E-state index contributed by atoms with van der Waals surface area (Å²) >= 11 is 0. The maximum Gasteiger partial charge on any atom is 0.348 e. The van der Waals surface area contributed by atoms with Gasteiger partial charge in [-0.3, -0.25) is 9.59 Å². The zero-order valence-corrected chi connectivity index (χ0v) is 28.2. The summed E-state index contributed by atoms with van der Waals surface area (Å²) in [6.45, 7) is 11.2. The predicted molar refractivity (Wildman–Crippen MR) is 163 cm³/mol. The van der Waals surface area contributed by atoms with E-state index in [0.717, 1.165) is 0 Å².